The molecule has 0 spiro atoms. The minimum atomic E-state index is -4.36. The molecule has 2 rings (SSSR count). The lowest BCUT2D eigenvalue weighted by molar-refractivity contribution is -0.164. The quantitative estimate of drug-likeness (QED) is 0.897. The number of benzene rings is 1. The Morgan fingerprint density at radius 2 is 1.94 bits per heavy atom. The summed E-state index contributed by atoms with van der Waals surface area (Å²) in [5.41, 5.74) is 6.37. The van der Waals surface area contributed by atoms with Gasteiger partial charge in [-0.1, -0.05) is 18.2 Å². The average molecular weight is 321 g/mol. The van der Waals surface area contributed by atoms with Crippen LogP contribution in [0.3, 0.4) is 0 Å². The summed E-state index contributed by atoms with van der Waals surface area (Å²) in [7, 11) is 0. The van der Waals surface area contributed by atoms with E-state index in [-0.39, 0.29) is 0 Å². The van der Waals surface area contributed by atoms with E-state index in [9.17, 15) is 13.2 Å². The van der Waals surface area contributed by atoms with Crippen LogP contribution in [0.4, 0.5) is 13.2 Å². The van der Waals surface area contributed by atoms with Crippen molar-refractivity contribution in [1.29, 1.82) is 0 Å². The molecule has 2 N–H and O–H groups in total. The van der Waals surface area contributed by atoms with E-state index >= 15 is 0 Å². The molecule has 1 heterocycles. The van der Waals surface area contributed by atoms with Gasteiger partial charge in [0.25, 0.3) is 0 Å². The summed E-state index contributed by atoms with van der Waals surface area (Å²) in [5.74, 6) is 0. The standard InChI is InChI=1S/C12H12BrF3N2/c1-7-11(13)8-4-2-3-5-9(8)18(7)10(6-17)12(14,15)16/h2-5,10H,6,17H2,1H3. The van der Waals surface area contributed by atoms with Crippen LogP contribution in [-0.2, 0) is 0 Å². The molecule has 2 aromatic rings. The summed E-state index contributed by atoms with van der Waals surface area (Å²) in [6.45, 7) is 1.17. The van der Waals surface area contributed by atoms with Crippen LogP contribution < -0.4 is 5.73 Å². The summed E-state index contributed by atoms with van der Waals surface area (Å²) >= 11 is 3.34. The molecule has 18 heavy (non-hydrogen) atoms. The summed E-state index contributed by atoms with van der Waals surface area (Å²) in [6, 6.07) is 5.26. The van der Waals surface area contributed by atoms with Crippen LogP contribution >= 0.6 is 15.9 Å². The second-order valence-electron chi connectivity index (χ2n) is 4.08. The average Bonchev–Trinajstić information content (AvgIpc) is 2.54. The van der Waals surface area contributed by atoms with Crippen molar-refractivity contribution in [3.8, 4) is 0 Å². The SMILES string of the molecule is Cc1c(Br)c2ccccc2n1C(CN)C(F)(F)F. The van der Waals surface area contributed by atoms with E-state index in [1.807, 2.05) is 0 Å². The number of alkyl halides is 3. The molecule has 0 aliphatic heterocycles. The monoisotopic (exact) mass is 320 g/mol. The van der Waals surface area contributed by atoms with E-state index in [2.05, 4.69) is 15.9 Å². The molecule has 1 aromatic heterocycles. The van der Waals surface area contributed by atoms with Gasteiger partial charge in [0.2, 0.25) is 0 Å². The Hall–Kier alpha value is -1.01. The van der Waals surface area contributed by atoms with Crippen molar-refractivity contribution < 1.29 is 13.2 Å². The van der Waals surface area contributed by atoms with Crippen molar-refractivity contribution in [2.75, 3.05) is 6.54 Å². The van der Waals surface area contributed by atoms with Crippen LogP contribution in [0.25, 0.3) is 10.9 Å². The van der Waals surface area contributed by atoms with E-state index in [1.165, 1.54) is 4.57 Å². The van der Waals surface area contributed by atoms with Gasteiger partial charge in [-0.25, -0.2) is 0 Å². The zero-order valence-corrected chi connectivity index (χ0v) is 11.2. The molecule has 0 saturated carbocycles. The van der Waals surface area contributed by atoms with E-state index in [4.69, 9.17) is 5.73 Å². The van der Waals surface area contributed by atoms with Gasteiger partial charge in [-0.15, -0.1) is 0 Å². The lowest BCUT2D eigenvalue weighted by Crippen LogP contribution is -2.33. The molecule has 0 fully saturated rings. The predicted molar refractivity (Wildman–Crippen MR) is 68.5 cm³/mol. The third-order valence-electron chi connectivity index (χ3n) is 2.99. The molecule has 1 unspecified atom stereocenters. The summed E-state index contributed by atoms with van der Waals surface area (Å²) in [6.07, 6.45) is -4.36. The lowest BCUT2D eigenvalue weighted by atomic mass is 10.2. The molecule has 0 aliphatic carbocycles. The number of rotatable bonds is 2. The normalized spacial score (nSPS) is 14.1. The Morgan fingerprint density at radius 3 is 2.50 bits per heavy atom. The van der Waals surface area contributed by atoms with Crippen LogP contribution in [0.2, 0.25) is 0 Å². The largest absolute Gasteiger partial charge is 0.410 e. The van der Waals surface area contributed by atoms with Crippen molar-refractivity contribution in [3.63, 3.8) is 0 Å². The van der Waals surface area contributed by atoms with Crippen molar-refractivity contribution in [2.45, 2.75) is 19.1 Å². The second-order valence-corrected chi connectivity index (χ2v) is 4.87. The number of aromatic nitrogens is 1. The molecule has 1 atom stereocenters. The lowest BCUT2D eigenvalue weighted by Gasteiger charge is -2.23. The molecular weight excluding hydrogens is 309 g/mol. The molecule has 0 amide bonds. The zero-order chi connectivity index (χ0) is 13.5. The van der Waals surface area contributed by atoms with Crippen molar-refractivity contribution in [1.82, 2.24) is 4.57 Å². The van der Waals surface area contributed by atoms with Crippen LogP contribution in [0, 0.1) is 6.92 Å². The maximum absolute atomic E-state index is 13.0. The van der Waals surface area contributed by atoms with E-state index in [0.717, 1.165) is 5.39 Å². The molecule has 6 heteroatoms. The second kappa shape index (κ2) is 4.59. The highest BCUT2D eigenvalue weighted by Gasteiger charge is 2.41. The smallest absolute Gasteiger partial charge is 0.330 e. The Labute approximate surface area is 111 Å². The van der Waals surface area contributed by atoms with Crippen molar-refractivity contribution >= 4 is 26.8 Å². The Balaban J connectivity index is 2.74. The van der Waals surface area contributed by atoms with Gasteiger partial charge in [-0.3, -0.25) is 0 Å². The van der Waals surface area contributed by atoms with Gasteiger partial charge in [-0.05, 0) is 28.9 Å². The fraction of sp³-hybridized carbons (Fsp3) is 0.333. The molecule has 2 nitrogen and oxygen atoms in total. The minimum absolute atomic E-state index is 0.477. The third-order valence-corrected chi connectivity index (χ3v) is 3.99. The number of nitrogens with two attached hydrogens (primary N) is 1. The predicted octanol–water partition coefficient (Wildman–Crippen LogP) is 3.77. The summed E-state index contributed by atoms with van der Waals surface area (Å²) in [5, 5.41) is 0.762. The molecule has 0 bridgehead atoms. The van der Waals surface area contributed by atoms with Crippen LogP contribution in [0.15, 0.2) is 28.7 Å². The first kappa shape index (κ1) is 13.4. The van der Waals surface area contributed by atoms with Gasteiger partial charge >= 0.3 is 6.18 Å². The van der Waals surface area contributed by atoms with Gasteiger partial charge in [0.15, 0.2) is 0 Å². The number of fused-ring (bicyclic) bond motifs is 1. The van der Waals surface area contributed by atoms with Gasteiger partial charge in [0.1, 0.15) is 6.04 Å². The van der Waals surface area contributed by atoms with Crippen LogP contribution in [-0.4, -0.2) is 17.3 Å². The highest BCUT2D eigenvalue weighted by atomic mass is 79.9. The minimum Gasteiger partial charge on any atom is -0.330 e. The number of para-hydroxylation sites is 1. The first-order valence-corrected chi connectivity index (χ1v) is 6.19. The first-order valence-electron chi connectivity index (χ1n) is 5.39. The Morgan fingerprint density at radius 1 is 1.33 bits per heavy atom. The van der Waals surface area contributed by atoms with Gasteiger partial charge in [-0.2, -0.15) is 13.2 Å². The summed E-state index contributed by atoms with van der Waals surface area (Å²) < 4.78 is 41.0. The highest BCUT2D eigenvalue weighted by molar-refractivity contribution is 9.10. The zero-order valence-electron chi connectivity index (χ0n) is 9.63. The number of hydrogen-bond acceptors (Lipinski definition) is 1. The van der Waals surface area contributed by atoms with Gasteiger partial charge < -0.3 is 10.3 Å². The number of hydrogen-bond donors (Lipinski definition) is 1. The molecule has 0 aliphatic rings. The third kappa shape index (κ3) is 2.03. The first-order chi connectivity index (χ1) is 8.38. The fourth-order valence-electron chi connectivity index (χ4n) is 2.14. The molecule has 0 saturated heterocycles. The maximum Gasteiger partial charge on any atom is 0.410 e. The van der Waals surface area contributed by atoms with Crippen LogP contribution in [0.1, 0.15) is 11.7 Å². The molecule has 1 aromatic carbocycles. The van der Waals surface area contributed by atoms with Gasteiger partial charge in [0.05, 0.1) is 0 Å². The topological polar surface area (TPSA) is 30.9 Å². The van der Waals surface area contributed by atoms with Crippen molar-refractivity contribution in [2.24, 2.45) is 5.73 Å². The highest BCUT2D eigenvalue weighted by Crippen LogP contribution is 2.38. The number of nitrogens with zero attached hydrogens (tertiary/aromatic N) is 1. The Kier molecular flexibility index (Phi) is 3.42. The van der Waals surface area contributed by atoms with Gasteiger partial charge in [0, 0.05) is 27.6 Å². The molecule has 0 radical (unpaired) electrons. The molecule has 98 valence electrons. The van der Waals surface area contributed by atoms with E-state index in [0.29, 0.717) is 15.7 Å². The van der Waals surface area contributed by atoms with E-state index in [1.54, 1.807) is 31.2 Å². The van der Waals surface area contributed by atoms with E-state index < -0.39 is 18.8 Å². The summed E-state index contributed by atoms with van der Waals surface area (Å²) in [4.78, 5) is 0. The van der Waals surface area contributed by atoms with Crippen molar-refractivity contribution in [3.05, 3.63) is 34.4 Å². The fourth-order valence-corrected chi connectivity index (χ4v) is 2.66. The molecular formula is C12H12BrF3N2. The number of halogens is 4. The maximum atomic E-state index is 13.0. The van der Waals surface area contributed by atoms with Crippen LogP contribution in [0.5, 0.6) is 0 Å². The Bertz CT molecular complexity index is 574.